The Hall–Kier alpha value is -2.47. The summed E-state index contributed by atoms with van der Waals surface area (Å²) in [6, 6.07) is 15.9. The van der Waals surface area contributed by atoms with Crippen molar-refractivity contribution < 1.29 is 14.3 Å². The molecule has 28 heavy (non-hydrogen) atoms. The highest BCUT2D eigenvalue weighted by molar-refractivity contribution is 8.14. The number of ether oxygens (including phenoxy) is 2. The molecule has 2 aliphatic rings. The van der Waals surface area contributed by atoms with Crippen LogP contribution >= 0.6 is 11.8 Å². The quantitative estimate of drug-likeness (QED) is 0.769. The van der Waals surface area contributed by atoms with Crippen molar-refractivity contribution in [1.82, 2.24) is 4.90 Å². The fourth-order valence-electron chi connectivity index (χ4n) is 3.42. The Morgan fingerprint density at radius 1 is 1.21 bits per heavy atom. The first-order valence-electron chi connectivity index (χ1n) is 9.47. The first-order valence-corrected chi connectivity index (χ1v) is 10.5. The molecule has 2 aromatic rings. The van der Waals surface area contributed by atoms with Gasteiger partial charge in [0.2, 0.25) is 0 Å². The number of amides is 1. The second kappa shape index (κ2) is 7.87. The monoisotopic (exact) mass is 396 g/mol. The van der Waals surface area contributed by atoms with E-state index in [4.69, 9.17) is 9.47 Å². The topological polar surface area (TPSA) is 51.1 Å². The van der Waals surface area contributed by atoms with Crippen LogP contribution in [0, 0.1) is 0 Å². The van der Waals surface area contributed by atoms with Gasteiger partial charge in [0.05, 0.1) is 6.54 Å². The highest BCUT2D eigenvalue weighted by Crippen LogP contribution is 2.41. The minimum absolute atomic E-state index is 0.0227. The highest BCUT2D eigenvalue weighted by Gasteiger charge is 2.33. The van der Waals surface area contributed by atoms with Gasteiger partial charge in [-0.15, -0.1) is 0 Å². The number of hydrogen-bond acceptors (Lipinski definition) is 5. The van der Waals surface area contributed by atoms with Crippen LogP contribution in [-0.4, -0.2) is 40.5 Å². The number of benzene rings is 2. The molecular formula is C22H24N2O3S. The molecular weight excluding hydrogens is 372 g/mol. The van der Waals surface area contributed by atoms with Crippen LogP contribution in [0.5, 0.6) is 11.5 Å². The molecule has 146 valence electrons. The van der Waals surface area contributed by atoms with E-state index in [1.165, 1.54) is 0 Å². The number of aliphatic imine (C=N–C) groups is 1. The van der Waals surface area contributed by atoms with Crippen LogP contribution in [-0.2, 0) is 17.8 Å². The third-order valence-corrected chi connectivity index (χ3v) is 5.72. The molecule has 5 nitrogen and oxygen atoms in total. The number of carbonyl (C=O) groups excluding carboxylic acids is 1. The largest absolute Gasteiger partial charge is 0.483 e. The van der Waals surface area contributed by atoms with Crippen LogP contribution in [0.15, 0.2) is 53.5 Å². The van der Waals surface area contributed by atoms with Crippen molar-refractivity contribution >= 4 is 22.8 Å². The second-order valence-corrected chi connectivity index (χ2v) is 8.61. The zero-order valence-electron chi connectivity index (χ0n) is 16.2. The van der Waals surface area contributed by atoms with Gasteiger partial charge in [-0.05, 0) is 25.5 Å². The summed E-state index contributed by atoms with van der Waals surface area (Å²) in [6.07, 6.45) is 0.840. The predicted octanol–water partition coefficient (Wildman–Crippen LogP) is 3.91. The molecule has 1 saturated heterocycles. The van der Waals surface area contributed by atoms with Crippen molar-refractivity contribution in [2.45, 2.75) is 32.4 Å². The van der Waals surface area contributed by atoms with Gasteiger partial charge in [-0.2, -0.15) is 0 Å². The molecule has 0 atom stereocenters. The average Bonchev–Trinajstić information content (AvgIpc) is 3.28. The van der Waals surface area contributed by atoms with Gasteiger partial charge < -0.3 is 9.47 Å². The molecule has 2 aliphatic heterocycles. The van der Waals surface area contributed by atoms with E-state index < -0.39 is 0 Å². The Balaban J connectivity index is 1.40. The van der Waals surface area contributed by atoms with Crippen molar-refractivity contribution in [1.29, 1.82) is 0 Å². The smallest absolute Gasteiger partial charge is 0.266 e. The molecule has 0 spiro atoms. The predicted molar refractivity (Wildman–Crippen MR) is 112 cm³/mol. The lowest BCUT2D eigenvalue weighted by atomic mass is 10.0. The maximum atomic E-state index is 12.7. The van der Waals surface area contributed by atoms with Gasteiger partial charge in [0.25, 0.3) is 5.91 Å². The Kier molecular flexibility index (Phi) is 5.31. The van der Waals surface area contributed by atoms with Crippen LogP contribution in [0.3, 0.4) is 0 Å². The normalized spacial score (nSPS) is 18.8. The molecule has 0 N–H and O–H groups in total. The van der Waals surface area contributed by atoms with Gasteiger partial charge in [0.15, 0.2) is 23.3 Å². The summed E-state index contributed by atoms with van der Waals surface area (Å²) in [5, 5.41) is 0.771. The Bertz CT molecular complexity index is 896. The van der Waals surface area contributed by atoms with Crippen molar-refractivity contribution in [3.05, 3.63) is 59.7 Å². The van der Waals surface area contributed by atoms with Crippen molar-refractivity contribution in [2.75, 3.05) is 18.9 Å². The molecule has 2 aromatic carbocycles. The van der Waals surface area contributed by atoms with E-state index in [2.05, 4.69) is 18.8 Å². The number of carbonyl (C=O) groups is 1. The number of amidine groups is 1. The minimum Gasteiger partial charge on any atom is -0.483 e. The Morgan fingerprint density at radius 2 is 2.04 bits per heavy atom. The number of hydrogen-bond donors (Lipinski definition) is 0. The summed E-state index contributed by atoms with van der Waals surface area (Å²) in [7, 11) is 0. The van der Waals surface area contributed by atoms with Crippen LogP contribution < -0.4 is 9.47 Å². The van der Waals surface area contributed by atoms with Crippen LogP contribution in [0.25, 0.3) is 0 Å². The first kappa shape index (κ1) is 18.9. The van der Waals surface area contributed by atoms with E-state index in [1.54, 1.807) is 16.7 Å². The van der Waals surface area contributed by atoms with Crippen LogP contribution in [0.2, 0.25) is 0 Å². The third kappa shape index (κ3) is 4.17. The van der Waals surface area contributed by atoms with E-state index >= 15 is 0 Å². The maximum absolute atomic E-state index is 12.7. The third-order valence-electron chi connectivity index (χ3n) is 4.72. The van der Waals surface area contributed by atoms with Crippen molar-refractivity contribution in [2.24, 2.45) is 4.99 Å². The Morgan fingerprint density at radius 3 is 2.86 bits per heavy atom. The lowest BCUT2D eigenvalue weighted by Crippen LogP contribution is -2.35. The van der Waals surface area contributed by atoms with Gasteiger partial charge in [-0.25, -0.2) is 0 Å². The molecule has 0 aliphatic carbocycles. The lowest BCUT2D eigenvalue weighted by Gasteiger charge is -2.19. The number of rotatable bonds is 5. The summed E-state index contributed by atoms with van der Waals surface area (Å²) in [5.74, 6) is 2.17. The standard InChI is InChI=1S/C22H24N2O3S/c1-22(2)13-17-9-6-10-18(20(17)27-22)26-15-19(25)24-11-12-28-21(24)23-14-16-7-4-3-5-8-16/h3-10H,11-15H2,1-2H3. The average molecular weight is 397 g/mol. The SMILES string of the molecule is CC1(C)Cc2cccc(OCC(=O)N3CCSC3=NCc3ccccc3)c2O1. The second-order valence-electron chi connectivity index (χ2n) is 7.55. The van der Waals surface area contributed by atoms with E-state index in [0.717, 1.165) is 34.2 Å². The maximum Gasteiger partial charge on any atom is 0.266 e. The zero-order chi connectivity index (χ0) is 19.6. The van der Waals surface area contributed by atoms with E-state index in [9.17, 15) is 4.79 Å². The highest BCUT2D eigenvalue weighted by atomic mass is 32.2. The number of thioether (sulfide) groups is 1. The summed E-state index contributed by atoms with van der Waals surface area (Å²) >= 11 is 1.61. The van der Waals surface area contributed by atoms with E-state index in [0.29, 0.717) is 18.8 Å². The first-order chi connectivity index (χ1) is 13.5. The van der Waals surface area contributed by atoms with E-state index in [1.807, 2.05) is 48.5 Å². The summed E-state index contributed by atoms with van der Waals surface area (Å²) < 4.78 is 11.9. The van der Waals surface area contributed by atoms with Gasteiger partial charge >= 0.3 is 0 Å². The minimum atomic E-state index is -0.241. The van der Waals surface area contributed by atoms with Gasteiger partial charge in [0, 0.05) is 24.3 Å². The van der Waals surface area contributed by atoms with Gasteiger partial charge in [-0.3, -0.25) is 14.7 Å². The molecule has 6 heteroatoms. The van der Waals surface area contributed by atoms with Crippen molar-refractivity contribution in [3.63, 3.8) is 0 Å². The number of fused-ring (bicyclic) bond motifs is 1. The molecule has 0 radical (unpaired) electrons. The Labute approximate surface area is 169 Å². The number of para-hydroxylation sites is 1. The molecule has 4 rings (SSSR count). The van der Waals surface area contributed by atoms with E-state index in [-0.39, 0.29) is 18.1 Å². The van der Waals surface area contributed by atoms with Gasteiger partial charge in [-0.1, -0.05) is 54.2 Å². The van der Waals surface area contributed by atoms with Crippen LogP contribution in [0.1, 0.15) is 25.0 Å². The van der Waals surface area contributed by atoms with Gasteiger partial charge in [0.1, 0.15) is 5.60 Å². The molecule has 1 amide bonds. The molecule has 0 unspecified atom stereocenters. The summed E-state index contributed by atoms with van der Waals surface area (Å²) in [5.41, 5.74) is 2.01. The summed E-state index contributed by atoms with van der Waals surface area (Å²) in [4.78, 5) is 19.1. The molecule has 2 heterocycles. The molecule has 0 bridgehead atoms. The molecule has 1 fully saturated rings. The molecule has 0 saturated carbocycles. The number of nitrogens with zero attached hydrogens (tertiary/aromatic N) is 2. The zero-order valence-corrected chi connectivity index (χ0v) is 17.0. The fraction of sp³-hybridized carbons (Fsp3) is 0.364. The summed E-state index contributed by atoms with van der Waals surface area (Å²) in [6.45, 7) is 5.32. The lowest BCUT2D eigenvalue weighted by molar-refractivity contribution is -0.129. The fourth-order valence-corrected chi connectivity index (χ4v) is 4.39. The molecule has 0 aromatic heterocycles. The van der Waals surface area contributed by atoms with Crippen molar-refractivity contribution in [3.8, 4) is 11.5 Å². The van der Waals surface area contributed by atoms with Crippen LogP contribution in [0.4, 0.5) is 0 Å².